The maximum Gasteiger partial charge on any atom is 0.0505 e. The highest BCUT2D eigenvalue weighted by atomic mass is 79.9. The van der Waals surface area contributed by atoms with E-state index < -0.39 is 0 Å². The molecule has 84 valence electrons. The van der Waals surface area contributed by atoms with Gasteiger partial charge in [0.1, 0.15) is 0 Å². The van der Waals surface area contributed by atoms with Gasteiger partial charge in [-0.15, -0.1) is 11.3 Å². The number of anilines is 1. The lowest BCUT2D eigenvalue weighted by Crippen LogP contribution is -1.97. The fourth-order valence-electron chi connectivity index (χ4n) is 1.49. The van der Waals surface area contributed by atoms with Crippen molar-refractivity contribution in [3.63, 3.8) is 0 Å². The maximum atomic E-state index is 3.53. The van der Waals surface area contributed by atoms with Crippen molar-refractivity contribution in [1.82, 2.24) is 0 Å². The summed E-state index contributed by atoms with van der Waals surface area (Å²) in [4.78, 5) is 1.33. The molecule has 1 N–H and O–H groups in total. The lowest BCUT2D eigenvalue weighted by molar-refractivity contribution is 1.13. The summed E-state index contributed by atoms with van der Waals surface area (Å²) in [6, 6.07) is 10.7. The van der Waals surface area contributed by atoms with Crippen LogP contribution in [0, 0.1) is 0 Å². The fourth-order valence-corrected chi connectivity index (χ4v) is 2.92. The molecule has 0 atom stereocenters. The topological polar surface area (TPSA) is 12.0 Å². The Morgan fingerprint density at radius 1 is 1.19 bits per heavy atom. The zero-order valence-electron chi connectivity index (χ0n) is 9.16. The first-order chi connectivity index (χ1) is 7.79. The Labute approximate surface area is 109 Å². The van der Waals surface area contributed by atoms with Crippen LogP contribution in [0.1, 0.15) is 17.4 Å². The molecule has 0 aliphatic heterocycles. The Hall–Kier alpha value is -0.800. The monoisotopic (exact) mass is 295 g/mol. The molecule has 3 heteroatoms. The van der Waals surface area contributed by atoms with Gasteiger partial charge in [0.2, 0.25) is 0 Å². The second-order valence-corrected chi connectivity index (χ2v) is 5.45. The summed E-state index contributed by atoms with van der Waals surface area (Å²) in [6.07, 6.45) is 1.09. The van der Waals surface area contributed by atoms with Crippen molar-refractivity contribution in [3.8, 4) is 0 Å². The third kappa shape index (κ3) is 2.86. The summed E-state index contributed by atoms with van der Waals surface area (Å²) in [7, 11) is 0. The standard InChI is InChI=1S/C13H14BrNS/c1-2-10-3-5-11(6-4-10)15-9-13-12(14)7-8-16-13/h3-8,15H,2,9H2,1H3. The van der Waals surface area contributed by atoms with Crippen LogP contribution in [0.2, 0.25) is 0 Å². The van der Waals surface area contributed by atoms with Gasteiger partial charge < -0.3 is 5.32 Å². The number of benzene rings is 1. The number of nitrogens with one attached hydrogen (secondary N) is 1. The largest absolute Gasteiger partial charge is 0.380 e. The van der Waals surface area contributed by atoms with Crippen molar-refractivity contribution < 1.29 is 0 Å². The first kappa shape index (κ1) is 11.7. The molecule has 1 aromatic carbocycles. The third-order valence-corrected chi connectivity index (χ3v) is 4.43. The molecule has 0 unspecified atom stereocenters. The van der Waals surface area contributed by atoms with E-state index in [1.807, 2.05) is 0 Å². The molecule has 1 heterocycles. The van der Waals surface area contributed by atoms with Crippen molar-refractivity contribution >= 4 is 33.0 Å². The van der Waals surface area contributed by atoms with E-state index in [-0.39, 0.29) is 0 Å². The summed E-state index contributed by atoms with van der Waals surface area (Å²) < 4.78 is 1.19. The average Bonchev–Trinajstić information content (AvgIpc) is 2.73. The molecular weight excluding hydrogens is 282 g/mol. The molecule has 0 spiro atoms. The van der Waals surface area contributed by atoms with E-state index in [1.54, 1.807) is 11.3 Å². The molecule has 2 aromatic rings. The molecule has 0 amide bonds. The van der Waals surface area contributed by atoms with Crippen LogP contribution < -0.4 is 5.32 Å². The minimum atomic E-state index is 0.879. The highest BCUT2D eigenvalue weighted by Gasteiger charge is 2.00. The van der Waals surface area contributed by atoms with Gasteiger partial charge in [-0.25, -0.2) is 0 Å². The van der Waals surface area contributed by atoms with E-state index in [0.29, 0.717) is 0 Å². The van der Waals surface area contributed by atoms with Crippen molar-refractivity contribution in [1.29, 1.82) is 0 Å². The predicted molar refractivity (Wildman–Crippen MR) is 75.2 cm³/mol. The third-order valence-electron chi connectivity index (χ3n) is 2.51. The van der Waals surface area contributed by atoms with Crippen LogP contribution in [0.3, 0.4) is 0 Å². The van der Waals surface area contributed by atoms with Crippen molar-refractivity contribution in [2.45, 2.75) is 19.9 Å². The smallest absolute Gasteiger partial charge is 0.0505 e. The van der Waals surface area contributed by atoms with Crippen LogP contribution in [-0.4, -0.2) is 0 Å². The quantitative estimate of drug-likeness (QED) is 0.863. The van der Waals surface area contributed by atoms with Gasteiger partial charge in [-0.3, -0.25) is 0 Å². The zero-order valence-corrected chi connectivity index (χ0v) is 11.6. The van der Waals surface area contributed by atoms with E-state index in [2.05, 4.69) is 63.9 Å². The van der Waals surface area contributed by atoms with Crippen LogP contribution in [-0.2, 0) is 13.0 Å². The Morgan fingerprint density at radius 3 is 2.50 bits per heavy atom. The summed E-state index contributed by atoms with van der Waals surface area (Å²) >= 11 is 5.30. The molecule has 0 fully saturated rings. The normalized spacial score (nSPS) is 10.4. The van der Waals surface area contributed by atoms with Gasteiger partial charge in [-0.1, -0.05) is 19.1 Å². The van der Waals surface area contributed by atoms with Gasteiger partial charge >= 0.3 is 0 Å². The Morgan fingerprint density at radius 2 is 1.94 bits per heavy atom. The van der Waals surface area contributed by atoms with Gasteiger partial charge in [-0.2, -0.15) is 0 Å². The van der Waals surface area contributed by atoms with E-state index in [9.17, 15) is 0 Å². The maximum absolute atomic E-state index is 3.53. The van der Waals surface area contributed by atoms with Crippen molar-refractivity contribution in [3.05, 3.63) is 50.6 Å². The van der Waals surface area contributed by atoms with Gasteiger partial charge in [0, 0.05) is 15.0 Å². The first-order valence-corrected chi connectivity index (χ1v) is 7.01. The van der Waals surface area contributed by atoms with Gasteiger partial charge in [0.05, 0.1) is 6.54 Å². The molecule has 0 radical (unpaired) electrons. The lowest BCUT2D eigenvalue weighted by Gasteiger charge is -2.06. The summed E-state index contributed by atoms with van der Waals surface area (Å²) in [6.45, 7) is 3.05. The molecule has 0 bridgehead atoms. The van der Waals surface area contributed by atoms with Crippen LogP contribution in [0.5, 0.6) is 0 Å². The number of rotatable bonds is 4. The Balaban J connectivity index is 1.97. The summed E-state index contributed by atoms with van der Waals surface area (Å²) in [5.74, 6) is 0. The molecule has 0 aliphatic rings. The summed E-state index contributed by atoms with van der Waals surface area (Å²) in [5, 5.41) is 5.52. The van der Waals surface area contributed by atoms with E-state index in [1.165, 1.54) is 20.6 Å². The average molecular weight is 296 g/mol. The molecule has 0 aliphatic carbocycles. The van der Waals surface area contributed by atoms with E-state index in [4.69, 9.17) is 0 Å². The molecule has 16 heavy (non-hydrogen) atoms. The van der Waals surface area contributed by atoms with E-state index >= 15 is 0 Å². The van der Waals surface area contributed by atoms with Gasteiger partial charge in [0.25, 0.3) is 0 Å². The molecular formula is C13H14BrNS. The van der Waals surface area contributed by atoms with Crippen LogP contribution >= 0.6 is 27.3 Å². The van der Waals surface area contributed by atoms with Crippen molar-refractivity contribution in [2.24, 2.45) is 0 Å². The number of halogens is 1. The molecule has 1 aromatic heterocycles. The highest BCUT2D eigenvalue weighted by Crippen LogP contribution is 2.23. The van der Waals surface area contributed by atoms with Gasteiger partial charge in [0.15, 0.2) is 0 Å². The number of hydrogen-bond acceptors (Lipinski definition) is 2. The molecule has 0 saturated heterocycles. The number of aryl methyl sites for hydroxylation is 1. The second-order valence-electron chi connectivity index (χ2n) is 3.60. The van der Waals surface area contributed by atoms with Crippen LogP contribution in [0.15, 0.2) is 40.2 Å². The zero-order chi connectivity index (χ0) is 11.4. The van der Waals surface area contributed by atoms with Crippen LogP contribution in [0.4, 0.5) is 5.69 Å². The van der Waals surface area contributed by atoms with Gasteiger partial charge in [-0.05, 0) is 51.5 Å². The molecule has 2 rings (SSSR count). The second kappa shape index (κ2) is 5.51. The summed E-state index contributed by atoms with van der Waals surface area (Å²) in [5.41, 5.74) is 2.56. The van der Waals surface area contributed by atoms with E-state index in [0.717, 1.165) is 13.0 Å². The van der Waals surface area contributed by atoms with Crippen molar-refractivity contribution in [2.75, 3.05) is 5.32 Å². The first-order valence-electron chi connectivity index (χ1n) is 5.34. The number of thiophene rings is 1. The Kier molecular flexibility index (Phi) is 4.02. The minimum Gasteiger partial charge on any atom is -0.380 e. The SMILES string of the molecule is CCc1ccc(NCc2sccc2Br)cc1. The fraction of sp³-hybridized carbons (Fsp3) is 0.231. The predicted octanol–water partition coefficient (Wildman–Crippen LogP) is 4.69. The lowest BCUT2D eigenvalue weighted by atomic mass is 10.1. The highest BCUT2D eigenvalue weighted by molar-refractivity contribution is 9.10. The molecule has 0 saturated carbocycles. The van der Waals surface area contributed by atoms with Crippen LogP contribution in [0.25, 0.3) is 0 Å². The Bertz CT molecular complexity index is 447. The minimum absolute atomic E-state index is 0.879. The number of hydrogen-bond donors (Lipinski definition) is 1. The molecule has 1 nitrogen and oxygen atoms in total.